The van der Waals surface area contributed by atoms with Gasteiger partial charge in [0, 0.05) is 25.7 Å². The molecule has 4 heteroatoms. The number of hydrogen-bond donors (Lipinski definition) is 0. The van der Waals surface area contributed by atoms with Crippen molar-refractivity contribution in [2.75, 3.05) is 26.2 Å². The summed E-state index contributed by atoms with van der Waals surface area (Å²) in [5.41, 5.74) is 0. The number of nitriles is 1. The predicted octanol–water partition coefficient (Wildman–Crippen LogP) is 0.453. The van der Waals surface area contributed by atoms with Crippen LogP contribution >= 0.6 is 0 Å². The van der Waals surface area contributed by atoms with Crippen molar-refractivity contribution in [2.45, 2.75) is 25.8 Å². The van der Waals surface area contributed by atoms with Gasteiger partial charge in [-0.05, 0) is 26.3 Å². The summed E-state index contributed by atoms with van der Waals surface area (Å²) in [4.78, 5) is 16.1. The molecule has 82 valence electrons. The van der Waals surface area contributed by atoms with E-state index in [1.54, 1.807) is 6.92 Å². The molecule has 2 rings (SSSR count). The van der Waals surface area contributed by atoms with E-state index in [0.29, 0.717) is 6.04 Å². The Morgan fingerprint density at radius 2 is 2.27 bits per heavy atom. The van der Waals surface area contributed by atoms with Crippen molar-refractivity contribution in [1.82, 2.24) is 9.80 Å². The van der Waals surface area contributed by atoms with Crippen LogP contribution in [-0.2, 0) is 4.79 Å². The first kappa shape index (κ1) is 10.4. The lowest BCUT2D eigenvalue weighted by atomic mass is 10.1. The van der Waals surface area contributed by atoms with Crippen LogP contribution in [0.15, 0.2) is 0 Å². The lowest BCUT2D eigenvalue weighted by molar-refractivity contribution is -0.135. The molecule has 2 saturated heterocycles. The van der Waals surface area contributed by atoms with Crippen molar-refractivity contribution in [1.29, 1.82) is 5.26 Å². The number of amides is 1. The first-order valence-electron chi connectivity index (χ1n) is 5.65. The van der Waals surface area contributed by atoms with E-state index in [9.17, 15) is 4.79 Å². The van der Waals surface area contributed by atoms with Gasteiger partial charge in [-0.3, -0.25) is 9.69 Å². The Morgan fingerprint density at radius 3 is 3.00 bits per heavy atom. The van der Waals surface area contributed by atoms with E-state index in [4.69, 9.17) is 5.26 Å². The summed E-state index contributed by atoms with van der Waals surface area (Å²) in [6, 6.07) is 2.57. The van der Waals surface area contributed by atoms with E-state index < -0.39 is 5.92 Å². The van der Waals surface area contributed by atoms with Crippen LogP contribution in [0.25, 0.3) is 0 Å². The Kier molecular flexibility index (Phi) is 2.92. The average molecular weight is 207 g/mol. The second-order valence-corrected chi connectivity index (χ2v) is 4.47. The minimum absolute atomic E-state index is 0.00375. The zero-order chi connectivity index (χ0) is 10.8. The molecule has 0 spiro atoms. The highest BCUT2D eigenvalue weighted by molar-refractivity contribution is 5.80. The molecule has 0 saturated carbocycles. The Bertz CT molecular complexity index is 297. The maximum atomic E-state index is 11.8. The van der Waals surface area contributed by atoms with E-state index in [1.165, 1.54) is 19.4 Å². The second kappa shape index (κ2) is 4.19. The van der Waals surface area contributed by atoms with Crippen molar-refractivity contribution in [3.05, 3.63) is 0 Å². The van der Waals surface area contributed by atoms with Crippen molar-refractivity contribution in [3.8, 4) is 6.07 Å². The normalized spacial score (nSPS) is 28.3. The van der Waals surface area contributed by atoms with E-state index in [0.717, 1.165) is 19.6 Å². The van der Waals surface area contributed by atoms with Crippen LogP contribution in [0.5, 0.6) is 0 Å². The van der Waals surface area contributed by atoms with Gasteiger partial charge in [0.2, 0.25) is 5.91 Å². The van der Waals surface area contributed by atoms with Gasteiger partial charge >= 0.3 is 0 Å². The van der Waals surface area contributed by atoms with Crippen LogP contribution in [0.4, 0.5) is 0 Å². The molecule has 2 aliphatic rings. The van der Waals surface area contributed by atoms with Crippen molar-refractivity contribution in [3.63, 3.8) is 0 Å². The summed E-state index contributed by atoms with van der Waals surface area (Å²) in [6.07, 6.45) is 2.45. The van der Waals surface area contributed by atoms with E-state index in [1.807, 2.05) is 11.0 Å². The topological polar surface area (TPSA) is 47.3 Å². The quantitative estimate of drug-likeness (QED) is 0.627. The molecular weight excluding hydrogens is 190 g/mol. The van der Waals surface area contributed by atoms with Crippen molar-refractivity contribution >= 4 is 5.91 Å². The summed E-state index contributed by atoms with van der Waals surface area (Å²) < 4.78 is 0. The molecule has 1 amide bonds. The largest absolute Gasteiger partial charge is 0.339 e. The summed E-state index contributed by atoms with van der Waals surface area (Å²) in [5, 5.41) is 8.72. The van der Waals surface area contributed by atoms with Crippen molar-refractivity contribution < 1.29 is 4.79 Å². The SMILES string of the molecule is CC(C#N)C(=O)N1CCN2CCCC2C1. The fourth-order valence-corrected chi connectivity index (χ4v) is 2.52. The van der Waals surface area contributed by atoms with Gasteiger partial charge < -0.3 is 4.90 Å². The summed E-state index contributed by atoms with van der Waals surface area (Å²) in [5.74, 6) is -0.484. The van der Waals surface area contributed by atoms with Gasteiger partial charge in [-0.15, -0.1) is 0 Å². The molecule has 2 aliphatic heterocycles. The standard InChI is InChI=1S/C11H17N3O/c1-9(7-12)11(15)14-6-5-13-4-2-3-10(13)8-14/h9-10H,2-6,8H2,1H3. The Morgan fingerprint density at radius 1 is 1.47 bits per heavy atom. The van der Waals surface area contributed by atoms with Crippen LogP contribution in [-0.4, -0.2) is 47.9 Å². The maximum absolute atomic E-state index is 11.8. The highest BCUT2D eigenvalue weighted by Crippen LogP contribution is 2.22. The summed E-state index contributed by atoms with van der Waals surface area (Å²) >= 11 is 0. The molecule has 2 heterocycles. The highest BCUT2D eigenvalue weighted by atomic mass is 16.2. The van der Waals surface area contributed by atoms with Gasteiger partial charge in [-0.2, -0.15) is 5.26 Å². The molecule has 0 bridgehead atoms. The van der Waals surface area contributed by atoms with Gasteiger partial charge in [0.25, 0.3) is 0 Å². The number of hydrogen-bond acceptors (Lipinski definition) is 3. The van der Waals surface area contributed by atoms with Crippen LogP contribution in [0.1, 0.15) is 19.8 Å². The highest BCUT2D eigenvalue weighted by Gasteiger charge is 2.33. The fraction of sp³-hybridized carbons (Fsp3) is 0.818. The third kappa shape index (κ3) is 1.98. The lowest BCUT2D eigenvalue weighted by Crippen LogP contribution is -2.53. The van der Waals surface area contributed by atoms with Gasteiger partial charge in [-0.1, -0.05) is 0 Å². The molecule has 0 aromatic rings. The number of nitrogens with zero attached hydrogens (tertiary/aromatic N) is 3. The number of carbonyl (C=O) groups excluding carboxylic acids is 1. The minimum Gasteiger partial charge on any atom is -0.339 e. The number of fused-ring (bicyclic) bond motifs is 1. The molecule has 0 N–H and O–H groups in total. The van der Waals surface area contributed by atoms with Crippen LogP contribution in [0.2, 0.25) is 0 Å². The predicted molar refractivity (Wildman–Crippen MR) is 56.0 cm³/mol. The third-order valence-corrected chi connectivity index (χ3v) is 3.46. The van der Waals surface area contributed by atoms with E-state index in [-0.39, 0.29) is 5.91 Å². The van der Waals surface area contributed by atoms with Crippen LogP contribution in [0.3, 0.4) is 0 Å². The second-order valence-electron chi connectivity index (χ2n) is 4.47. The Hall–Kier alpha value is -1.08. The third-order valence-electron chi connectivity index (χ3n) is 3.46. The number of carbonyl (C=O) groups is 1. The zero-order valence-electron chi connectivity index (χ0n) is 9.15. The van der Waals surface area contributed by atoms with Gasteiger partial charge in [0.15, 0.2) is 0 Å². The maximum Gasteiger partial charge on any atom is 0.239 e. The van der Waals surface area contributed by atoms with Crippen LogP contribution in [0, 0.1) is 17.2 Å². The van der Waals surface area contributed by atoms with E-state index in [2.05, 4.69) is 4.90 Å². The molecule has 15 heavy (non-hydrogen) atoms. The summed E-state index contributed by atoms with van der Waals surface area (Å²) in [6.45, 7) is 5.46. The zero-order valence-corrected chi connectivity index (χ0v) is 9.15. The van der Waals surface area contributed by atoms with Crippen molar-refractivity contribution in [2.24, 2.45) is 5.92 Å². The Labute approximate surface area is 90.5 Å². The molecule has 2 atom stereocenters. The molecule has 0 radical (unpaired) electrons. The molecule has 2 fully saturated rings. The Balaban J connectivity index is 1.95. The molecule has 0 aromatic heterocycles. The molecule has 0 aromatic carbocycles. The monoisotopic (exact) mass is 207 g/mol. The summed E-state index contributed by atoms with van der Waals surface area (Å²) in [7, 11) is 0. The van der Waals surface area contributed by atoms with Crippen LogP contribution < -0.4 is 0 Å². The van der Waals surface area contributed by atoms with Gasteiger partial charge in [0.05, 0.1) is 6.07 Å². The minimum atomic E-state index is -0.488. The van der Waals surface area contributed by atoms with Gasteiger partial charge in [0.1, 0.15) is 5.92 Å². The fourth-order valence-electron chi connectivity index (χ4n) is 2.52. The molecule has 2 unspecified atom stereocenters. The average Bonchev–Trinajstić information content (AvgIpc) is 2.73. The van der Waals surface area contributed by atoms with E-state index >= 15 is 0 Å². The molecule has 4 nitrogen and oxygen atoms in total. The molecular formula is C11H17N3O. The first-order chi connectivity index (χ1) is 7.22. The first-order valence-corrected chi connectivity index (χ1v) is 5.65. The smallest absolute Gasteiger partial charge is 0.239 e. The lowest BCUT2D eigenvalue weighted by Gasteiger charge is -2.37. The molecule has 0 aliphatic carbocycles. The number of piperazine rings is 1. The number of rotatable bonds is 1. The van der Waals surface area contributed by atoms with Gasteiger partial charge in [-0.25, -0.2) is 0 Å².